The number of rotatable bonds is 4. The van der Waals surface area contributed by atoms with Crippen LogP contribution in [0.2, 0.25) is 5.02 Å². The van der Waals surface area contributed by atoms with Crippen molar-refractivity contribution < 1.29 is 19.1 Å². The first kappa shape index (κ1) is 19.9. The van der Waals surface area contributed by atoms with Gasteiger partial charge in [0.05, 0.1) is 10.9 Å². The molecule has 1 aliphatic rings. The maximum atomic E-state index is 13.4. The van der Waals surface area contributed by atoms with Gasteiger partial charge in [-0.2, -0.15) is 0 Å². The summed E-state index contributed by atoms with van der Waals surface area (Å²) in [5.41, 5.74) is 0.895. The van der Waals surface area contributed by atoms with Crippen molar-refractivity contribution >= 4 is 46.5 Å². The molecule has 0 spiro atoms. The van der Waals surface area contributed by atoms with E-state index in [4.69, 9.17) is 11.6 Å². The van der Waals surface area contributed by atoms with Crippen molar-refractivity contribution in [2.45, 2.75) is 16.2 Å². The van der Waals surface area contributed by atoms with Gasteiger partial charge in [-0.1, -0.05) is 46.8 Å². The molecule has 1 aromatic heterocycles. The number of hydrogen-bond donors (Lipinski definition) is 2. The Labute approximate surface area is 177 Å². The van der Waals surface area contributed by atoms with Crippen LogP contribution in [0, 0.1) is 11.7 Å². The molecule has 0 unspecified atom stereocenters. The summed E-state index contributed by atoms with van der Waals surface area (Å²) in [6.07, 6.45) is 0. The summed E-state index contributed by atoms with van der Waals surface area (Å²) in [4.78, 5) is 40.4. The van der Waals surface area contributed by atoms with Crippen molar-refractivity contribution in [1.82, 2.24) is 4.98 Å². The van der Waals surface area contributed by atoms with Crippen molar-refractivity contribution in [2.24, 2.45) is 5.92 Å². The number of thiazole rings is 1. The molecule has 0 bridgehead atoms. The minimum Gasteiger partial charge on any atom is -0.480 e. The summed E-state index contributed by atoms with van der Waals surface area (Å²) in [5.74, 6) is -3.70. The quantitative estimate of drug-likeness (QED) is 0.576. The van der Waals surface area contributed by atoms with E-state index in [0.717, 1.165) is 35.2 Å². The van der Waals surface area contributed by atoms with E-state index < -0.39 is 34.7 Å². The van der Waals surface area contributed by atoms with Crippen LogP contribution in [0.5, 0.6) is 0 Å². The largest absolute Gasteiger partial charge is 0.480 e. The van der Waals surface area contributed by atoms with Gasteiger partial charge in [0, 0.05) is 21.4 Å². The molecule has 2 aromatic carbocycles. The van der Waals surface area contributed by atoms with Crippen LogP contribution in [-0.2, 0) is 4.79 Å². The second-order valence-corrected chi connectivity index (χ2v) is 9.11. The lowest BCUT2D eigenvalue weighted by Crippen LogP contribution is -2.39. The molecule has 4 rings (SSSR count). The van der Waals surface area contributed by atoms with E-state index in [-0.39, 0.29) is 10.4 Å². The molecule has 29 heavy (non-hydrogen) atoms. The van der Waals surface area contributed by atoms with E-state index in [1.54, 1.807) is 24.3 Å². The van der Waals surface area contributed by atoms with Crippen molar-refractivity contribution in [3.05, 3.63) is 85.0 Å². The number of carbonyl (C=O) groups excluding carboxylic acids is 1. The fourth-order valence-electron chi connectivity index (χ4n) is 3.48. The molecule has 0 radical (unpaired) electrons. The van der Waals surface area contributed by atoms with E-state index in [1.165, 1.54) is 12.1 Å². The molecule has 9 heteroatoms. The summed E-state index contributed by atoms with van der Waals surface area (Å²) in [6.45, 7) is 0. The number of H-pyrrole nitrogens is 1. The van der Waals surface area contributed by atoms with Gasteiger partial charge in [0.1, 0.15) is 11.1 Å². The molecule has 2 heterocycles. The van der Waals surface area contributed by atoms with Gasteiger partial charge in [-0.15, -0.1) is 0 Å². The topological polar surface area (TPSA) is 87.2 Å². The molecule has 3 atom stereocenters. The Morgan fingerprint density at radius 3 is 2.34 bits per heavy atom. The number of carbonyl (C=O) groups is 2. The lowest BCUT2D eigenvalue weighted by Gasteiger charge is -2.34. The molecule has 0 aliphatic carbocycles. The first-order valence-electron chi connectivity index (χ1n) is 8.53. The molecule has 0 fully saturated rings. The maximum absolute atomic E-state index is 13.4. The molecular weight excluding hydrogens is 437 g/mol. The Balaban J connectivity index is 1.90. The third-order valence-electron chi connectivity index (χ3n) is 4.76. The molecule has 5 nitrogen and oxygen atoms in total. The minimum absolute atomic E-state index is 0.216. The highest BCUT2D eigenvalue weighted by Crippen LogP contribution is 2.50. The summed E-state index contributed by atoms with van der Waals surface area (Å²) in [7, 11) is 0. The number of Topliss-reactive ketones (excluding diaryl/α,β-unsaturated/α-hetero) is 1. The highest BCUT2D eigenvalue weighted by Gasteiger charge is 2.47. The van der Waals surface area contributed by atoms with E-state index >= 15 is 0 Å². The summed E-state index contributed by atoms with van der Waals surface area (Å²) >= 11 is 7.91. The van der Waals surface area contributed by atoms with Crippen molar-refractivity contribution in [2.75, 3.05) is 0 Å². The van der Waals surface area contributed by atoms with Gasteiger partial charge in [-0.05, 0) is 42.0 Å². The summed E-state index contributed by atoms with van der Waals surface area (Å²) < 4.78 is 13.3. The number of aromatic amines is 1. The SMILES string of the molecule is O=C(c1ccc(F)cc1)[C@H]1[C@@H](c2ccc(Cl)cc2)c2sc(=O)[nH]c2S[C@H]1C(=O)O. The van der Waals surface area contributed by atoms with Gasteiger partial charge in [-0.25, -0.2) is 4.39 Å². The van der Waals surface area contributed by atoms with Gasteiger partial charge in [0.15, 0.2) is 5.78 Å². The Morgan fingerprint density at radius 2 is 1.72 bits per heavy atom. The zero-order valence-electron chi connectivity index (χ0n) is 14.6. The Morgan fingerprint density at radius 1 is 1.07 bits per heavy atom. The van der Waals surface area contributed by atoms with Crippen LogP contribution >= 0.6 is 34.7 Å². The fourth-order valence-corrected chi connectivity index (χ4v) is 6.03. The molecule has 3 aromatic rings. The Hall–Kier alpha value is -2.42. The van der Waals surface area contributed by atoms with E-state index in [0.29, 0.717) is 20.5 Å². The third-order valence-corrected chi connectivity index (χ3v) is 7.41. The van der Waals surface area contributed by atoms with Gasteiger partial charge in [0.2, 0.25) is 0 Å². The number of benzene rings is 2. The number of carboxylic acid groups (broad SMARTS) is 1. The second kappa shape index (κ2) is 7.78. The number of halogens is 2. The third kappa shape index (κ3) is 3.75. The van der Waals surface area contributed by atoms with Gasteiger partial charge >= 0.3 is 10.8 Å². The average Bonchev–Trinajstić information content (AvgIpc) is 3.07. The van der Waals surface area contributed by atoms with Crippen LogP contribution in [0.3, 0.4) is 0 Å². The van der Waals surface area contributed by atoms with Crippen molar-refractivity contribution in [3.63, 3.8) is 0 Å². The standard InChI is InChI=1S/C20H13ClFNO4S2/c21-11-5-1-9(2-6-11)13-14(15(24)10-3-7-12(22)8-4-10)17(19(25)26)28-18-16(13)29-20(27)23-18/h1-8,13-14,17H,(H,23,27)(H,25,26)/t13-,14-,17-/m1/s1. The molecular formula is C20H13ClFNO4S2. The lowest BCUT2D eigenvalue weighted by atomic mass is 9.78. The Bertz CT molecular complexity index is 1140. The molecule has 2 N–H and O–H groups in total. The maximum Gasteiger partial charge on any atom is 0.317 e. The smallest absolute Gasteiger partial charge is 0.317 e. The van der Waals surface area contributed by atoms with Crippen LogP contribution in [0.4, 0.5) is 4.39 Å². The van der Waals surface area contributed by atoms with Crippen LogP contribution in [0.25, 0.3) is 0 Å². The number of ketones is 1. The van der Waals surface area contributed by atoms with Gasteiger partial charge in [-0.3, -0.25) is 14.4 Å². The summed E-state index contributed by atoms with van der Waals surface area (Å²) in [5, 5.41) is 9.68. The zero-order valence-corrected chi connectivity index (χ0v) is 17.0. The molecule has 0 saturated heterocycles. The monoisotopic (exact) mass is 449 g/mol. The fraction of sp³-hybridized carbons (Fsp3) is 0.150. The van der Waals surface area contributed by atoms with E-state index in [9.17, 15) is 23.9 Å². The van der Waals surface area contributed by atoms with Gasteiger partial charge < -0.3 is 10.1 Å². The number of thioether (sulfide) groups is 1. The van der Waals surface area contributed by atoms with Crippen LogP contribution in [0.1, 0.15) is 26.7 Å². The van der Waals surface area contributed by atoms with Crippen LogP contribution in [0.15, 0.2) is 58.4 Å². The number of nitrogens with one attached hydrogen (secondary N) is 1. The molecule has 0 amide bonds. The Kier molecular flexibility index (Phi) is 5.33. The predicted molar refractivity (Wildman–Crippen MR) is 110 cm³/mol. The number of aromatic nitrogens is 1. The predicted octanol–water partition coefficient (Wildman–Crippen LogP) is 4.42. The normalized spacial score (nSPS) is 20.8. The van der Waals surface area contributed by atoms with Crippen molar-refractivity contribution in [1.29, 1.82) is 0 Å². The lowest BCUT2D eigenvalue weighted by molar-refractivity contribution is -0.137. The first-order chi connectivity index (χ1) is 13.8. The zero-order chi connectivity index (χ0) is 20.7. The highest BCUT2D eigenvalue weighted by molar-refractivity contribution is 8.00. The summed E-state index contributed by atoms with van der Waals surface area (Å²) in [6, 6.07) is 11.8. The van der Waals surface area contributed by atoms with E-state index in [1.807, 2.05) is 0 Å². The molecule has 148 valence electrons. The first-order valence-corrected chi connectivity index (χ1v) is 10.6. The van der Waals surface area contributed by atoms with E-state index in [2.05, 4.69) is 4.98 Å². The number of carboxylic acids is 1. The van der Waals surface area contributed by atoms with Crippen molar-refractivity contribution in [3.8, 4) is 0 Å². The number of fused-ring (bicyclic) bond motifs is 1. The van der Waals surface area contributed by atoms with Gasteiger partial charge in [0.25, 0.3) is 0 Å². The number of hydrogen-bond acceptors (Lipinski definition) is 5. The second-order valence-electron chi connectivity index (χ2n) is 6.51. The minimum atomic E-state index is -1.16. The van der Waals surface area contributed by atoms with Crippen LogP contribution in [-0.4, -0.2) is 27.1 Å². The van der Waals surface area contributed by atoms with Crippen LogP contribution < -0.4 is 4.87 Å². The molecule has 0 saturated carbocycles. The average molecular weight is 450 g/mol. The highest BCUT2D eigenvalue weighted by atomic mass is 35.5. The molecule has 1 aliphatic heterocycles. The number of aliphatic carboxylic acids is 1.